The number of allylic oxidation sites excluding steroid dienone is 1. The Balaban J connectivity index is 2.20. The molecular weight excluding hydrogens is 313 g/mol. The SMILES string of the molecule is Cc1ccc(S/C(=C/C(F)(F)F)Sc2ccccc2)cc1. The van der Waals surface area contributed by atoms with Crippen LogP contribution in [-0.2, 0) is 0 Å². The molecule has 0 spiro atoms. The minimum absolute atomic E-state index is 0.206. The second kappa shape index (κ2) is 7.09. The molecule has 0 unspecified atom stereocenters. The first-order valence-corrected chi connectivity index (χ1v) is 7.83. The van der Waals surface area contributed by atoms with E-state index in [1.807, 2.05) is 49.4 Å². The number of alkyl halides is 3. The summed E-state index contributed by atoms with van der Waals surface area (Å²) in [4.78, 5) is 1.58. The molecule has 21 heavy (non-hydrogen) atoms. The summed E-state index contributed by atoms with van der Waals surface area (Å²) < 4.78 is 38.2. The first kappa shape index (κ1) is 16.0. The lowest BCUT2D eigenvalue weighted by molar-refractivity contribution is -0.0798. The average molecular weight is 326 g/mol. The molecule has 0 saturated carbocycles. The number of thioether (sulfide) groups is 2. The van der Waals surface area contributed by atoms with E-state index in [1.165, 1.54) is 0 Å². The van der Waals surface area contributed by atoms with Crippen molar-refractivity contribution in [1.82, 2.24) is 0 Å². The van der Waals surface area contributed by atoms with Crippen molar-refractivity contribution in [3.05, 3.63) is 70.5 Å². The normalized spacial score (nSPS) is 12.5. The van der Waals surface area contributed by atoms with Crippen LogP contribution in [0.25, 0.3) is 0 Å². The molecule has 0 N–H and O–H groups in total. The van der Waals surface area contributed by atoms with Gasteiger partial charge in [0, 0.05) is 15.9 Å². The molecule has 0 aromatic heterocycles. The quantitative estimate of drug-likeness (QED) is 0.606. The van der Waals surface area contributed by atoms with Gasteiger partial charge in [0.1, 0.15) is 0 Å². The summed E-state index contributed by atoms with van der Waals surface area (Å²) in [5.41, 5.74) is 1.08. The maximum Gasteiger partial charge on any atom is 0.411 e. The molecule has 5 heteroatoms. The highest BCUT2D eigenvalue weighted by molar-refractivity contribution is 8.22. The fourth-order valence-corrected chi connectivity index (χ4v) is 3.70. The zero-order chi connectivity index (χ0) is 15.3. The third-order valence-corrected chi connectivity index (χ3v) is 4.64. The predicted octanol–water partition coefficient (Wildman–Crippen LogP) is 6.28. The Kier molecular flexibility index (Phi) is 5.42. The van der Waals surface area contributed by atoms with Crippen LogP contribution in [0.3, 0.4) is 0 Å². The Morgan fingerprint density at radius 1 is 0.857 bits per heavy atom. The minimum atomic E-state index is -4.32. The second-order valence-electron chi connectivity index (χ2n) is 4.34. The summed E-state index contributed by atoms with van der Waals surface area (Å²) in [5.74, 6) is 0. The third kappa shape index (κ3) is 5.89. The first-order chi connectivity index (χ1) is 9.92. The summed E-state index contributed by atoms with van der Waals surface area (Å²) in [6, 6.07) is 16.5. The Labute approximate surface area is 130 Å². The summed E-state index contributed by atoms with van der Waals surface area (Å²) in [7, 11) is 0. The Morgan fingerprint density at radius 3 is 1.90 bits per heavy atom. The van der Waals surface area contributed by atoms with E-state index >= 15 is 0 Å². The van der Waals surface area contributed by atoms with E-state index in [-0.39, 0.29) is 4.24 Å². The monoisotopic (exact) mass is 326 g/mol. The van der Waals surface area contributed by atoms with Crippen LogP contribution in [0, 0.1) is 6.92 Å². The van der Waals surface area contributed by atoms with Gasteiger partial charge in [0.05, 0.1) is 4.24 Å². The molecular formula is C16H13F3S2. The van der Waals surface area contributed by atoms with Gasteiger partial charge in [-0.1, -0.05) is 59.4 Å². The van der Waals surface area contributed by atoms with Crippen molar-refractivity contribution in [2.24, 2.45) is 0 Å². The third-order valence-electron chi connectivity index (χ3n) is 2.48. The van der Waals surface area contributed by atoms with E-state index in [9.17, 15) is 13.2 Å². The molecule has 0 amide bonds. The Bertz CT molecular complexity index is 602. The van der Waals surface area contributed by atoms with Crippen molar-refractivity contribution in [2.75, 3.05) is 0 Å². The molecule has 0 heterocycles. The van der Waals surface area contributed by atoms with Crippen LogP contribution < -0.4 is 0 Å². The highest BCUT2D eigenvalue weighted by atomic mass is 32.2. The molecule has 0 saturated heterocycles. The fraction of sp³-hybridized carbons (Fsp3) is 0.125. The van der Waals surface area contributed by atoms with Crippen LogP contribution in [0.1, 0.15) is 5.56 Å². The predicted molar refractivity (Wildman–Crippen MR) is 83.5 cm³/mol. The highest BCUT2D eigenvalue weighted by Crippen LogP contribution is 2.41. The number of rotatable bonds is 4. The lowest BCUT2D eigenvalue weighted by Crippen LogP contribution is -2.01. The molecule has 2 aromatic carbocycles. The van der Waals surface area contributed by atoms with E-state index in [0.29, 0.717) is 6.08 Å². The van der Waals surface area contributed by atoms with Gasteiger partial charge in [-0.05, 0) is 31.2 Å². The van der Waals surface area contributed by atoms with Gasteiger partial charge in [0.2, 0.25) is 0 Å². The molecule has 0 bridgehead atoms. The zero-order valence-electron chi connectivity index (χ0n) is 11.2. The second-order valence-corrected chi connectivity index (χ2v) is 6.82. The average Bonchev–Trinajstić information content (AvgIpc) is 2.41. The molecule has 0 fully saturated rings. The van der Waals surface area contributed by atoms with Crippen molar-refractivity contribution < 1.29 is 13.2 Å². The van der Waals surface area contributed by atoms with Gasteiger partial charge in [-0.15, -0.1) is 0 Å². The maximum absolute atomic E-state index is 12.7. The Morgan fingerprint density at radius 2 is 1.38 bits per heavy atom. The van der Waals surface area contributed by atoms with E-state index in [0.717, 1.165) is 38.9 Å². The Hall–Kier alpha value is -1.33. The molecule has 0 radical (unpaired) electrons. The number of hydrogen-bond donors (Lipinski definition) is 0. The molecule has 110 valence electrons. The van der Waals surface area contributed by atoms with Crippen LogP contribution >= 0.6 is 23.5 Å². The first-order valence-electron chi connectivity index (χ1n) is 6.19. The van der Waals surface area contributed by atoms with Crippen LogP contribution in [0.15, 0.2) is 74.7 Å². The van der Waals surface area contributed by atoms with E-state index < -0.39 is 6.18 Å². The van der Waals surface area contributed by atoms with E-state index in [1.54, 1.807) is 12.1 Å². The van der Waals surface area contributed by atoms with Gasteiger partial charge >= 0.3 is 6.18 Å². The maximum atomic E-state index is 12.7. The minimum Gasteiger partial charge on any atom is -0.167 e. The van der Waals surface area contributed by atoms with Crippen molar-refractivity contribution in [3.8, 4) is 0 Å². The van der Waals surface area contributed by atoms with Crippen molar-refractivity contribution in [2.45, 2.75) is 22.9 Å². The van der Waals surface area contributed by atoms with Crippen LogP contribution in [-0.4, -0.2) is 6.18 Å². The van der Waals surface area contributed by atoms with E-state index in [4.69, 9.17) is 0 Å². The van der Waals surface area contributed by atoms with Crippen LogP contribution in [0.5, 0.6) is 0 Å². The summed E-state index contributed by atoms with van der Waals surface area (Å²) in [6.07, 6.45) is -3.97. The zero-order valence-corrected chi connectivity index (χ0v) is 12.9. The smallest absolute Gasteiger partial charge is 0.167 e. The molecule has 2 aromatic rings. The van der Waals surface area contributed by atoms with Crippen molar-refractivity contribution in [3.63, 3.8) is 0 Å². The van der Waals surface area contributed by atoms with E-state index in [2.05, 4.69) is 0 Å². The van der Waals surface area contributed by atoms with Gasteiger partial charge in [-0.3, -0.25) is 0 Å². The van der Waals surface area contributed by atoms with Crippen molar-refractivity contribution in [1.29, 1.82) is 0 Å². The standard InChI is InChI=1S/C16H13F3S2/c1-12-7-9-14(10-8-12)21-15(11-16(17,18)19)20-13-5-3-2-4-6-13/h2-11H,1H3/b15-11+. The lowest BCUT2D eigenvalue weighted by Gasteiger charge is -2.09. The van der Waals surface area contributed by atoms with Crippen LogP contribution in [0.2, 0.25) is 0 Å². The van der Waals surface area contributed by atoms with Gasteiger partial charge in [0.15, 0.2) is 0 Å². The molecule has 0 atom stereocenters. The summed E-state index contributed by atoms with van der Waals surface area (Å²) >= 11 is 2.24. The number of aryl methyl sites for hydroxylation is 1. The molecule has 0 aliphatic carbocycles. The molecule has 0 aliphatic rings. The van der Waals surface area contributed by atoms with Gasteiger partial charge in [-0.2, -0.15) is 13.2 Å². The van der Waals surface area contributed by atoms with Gasteiger partial charge in [-0.25, -0.2) is 0 Å². The molecule has 2 rings (SSSR count). The van der Waals surface area contributed by atoms with Gasteiger partial charge < -0.3 is 0 Å². The summed E-state index contributed by atoms with van der Waals surface area (Å²) in [5, 5.41) is 0. The van der Waals surface area contributed by atoms with Crippen molar-refractivity contribution >= 4 is 23.5 Å². The topological polar surface area (TPSA) is 0 Å². The lowest BCUT2D eigenvalue weighted by atomic mass is 10.2. The largest absolute Gasteiger partial charge is 0.411 e. The molecule has 0 aliphatic heterocycles. The number of benzene rings is 2. The van der Waals surface area contributed by atoms with Crippen LogP contribution in [0.4, 0.5) is 13.2 Å². The highest BCUT2D eigenvalue weighted by Gasteiger charge is 2.25. The molecule has 0 nitrogen and oxygen atoms in total. The fourth-order valence-electron chi connectivity index (χ4n) is 1.54. The number of hydrogen-bond acceptors (Lipinski definition) is 2. The van der Waals surface area contributed by atoms with Gasteiger partial charge in [0.25, 0.3) is 0 Å². The number of halogens is 3. The summed E-state index contributed by atoms with van der Waals surface area (Å²) in [6.45, 7) is 1.94.